The van der Waals surface area contributed by atoms with Crippen LogP contribution in [-0.4, -0.2) is 68.9 Å². The maximum absolute atomic E-state index is 14.3. The minimum atomic E-state index is -0.354. The number of benzene rings is 1. The maximum atomic E-state index is 14.3. The highest BCUT2D eigenvalue weighted by Crippen LogP contribution is 2.23. The van der Waals surface area contributed by atoms with Crippen molar-refractivity contribution < 1.29 is 9.18 Å². The molecule has 1 unspecified atom stereocenters. The second kappa shape index (κ2) is 8.82. The fraction of sp³-hybridized carbons (Fsp3) is 0.478. The first-order chi connectivity index (χ1) is 15.6. The predicted octanol–water partition coefficient (Wildman–Crippen LogP) is 2.50. The van der Waals surface area contributed by atoms with Gasteiger partial charge < -0.3 is 10.2 Å². The summed E-state index contributed by atoms with van der Waals surface area (Å²) >= 11 is 0. The van der Waals surface area contributed by atoms with Crippen LogP contribution in [0.2, 0.25) is 0 Å². The molecule has 9 heteroatoms. The molecular weight excluding hydrogens is 409 g/mol. The van der Waals surface area contributed by atoms with Gasteiger partial charge in [0.2, 0.25) is 5.91 Å². The number of piperazine rings is 1. The molecule has 32 heavy (non-hydrogen) atoms. The van der Waals surface area contributed by atoms with E-state index in [0.717, 1.165) is 44.8 Å². The van der Waals surface area contributed by atoms with Crippen LogP contribution >= 0.6 is 0 Å². The second-order valence-corrected chi connectivity index (χ2v) is 8.65. The quantitative estimate of drug-likeness (QED) is 0.661. The van der Waals surface area contributed by atoms with Crippen LogP contribution in [0.15, 0.2) is 36.4 Å². The fourth-order valence-corrected chi connectivity index (χ4v) is 4.65. The van der Waals surface area contributed by atoms with Gasteiger partial charge in [-0.2, -0.15) is 4.52 Å². The maximum Gasteiger partial charge on any atom is 0.237 e. The van der Waals surface area contributed by atoms with Crippen LogP contribution in [0.5, 0.6) is 0 Å². The fourth-order valence-electron chi connectivity index (χ4n) is 4.65. The van der Waals surface area contributed by atoms with Crippen LogP contribution in [0, 0.1) is 5.82 Å². The summed E-state index contributed by atoms with van der Waals surface area (Å²) < 4.78 is 15.9. The van der Waals surface area contributed by atoms with Gasteiger partial charge in [-0.05, 0) is 44.0 Å². The first-order valence-corrected chi connectivity index (χ1v) is 11.4. The van der Waals surface area contributed by atoms with Gasteiger partial charge in [-0.15, -0.1) is 15.3 Å². The number of anilines is 1. The lowest BCUT2D eigenvalue weighted by Gasteiger charge is -2.38. The molecule has 3 aromatic rings. The lowest BCUT2D eigenvalue weighted by molar-refractivity contribution is -0.126. The average Bonchev–Trinajstić information content (AvgIpc) is 3.48. The molecule has 1 saturated heterocycles. The normalized spacial score (nSPS) is 18.9. The number of rotatable bonds is 5. The molecule has 1 amide bonds. The Morgan fingerprint density at radius 2 is 1.81 bits per heavy atom. The van der Waals surface area contributed by atoms with E-state index in [-0.39, 0.29) is 17.8 Å². The van der Waals surface area contributed by atoms with Crippen LogP contribution in [0.3, 0.4) is 0 Å². The molecule has 0 radical (unpaired) electrons. The van der Waals surface area contributed by atoms with Gasteiger partial charge in [0.15, 0.2) is 11.5 Å². The Morgan fingerprint density at radius 3 is 2.56 bits per heavy atom. The average molecular weight is 438 g/mol. The Bertz CT molecular complexity index is 1100. The molecule has 1 aromatic carbocycles. The number of amides is 1. The van der Waals surface area contributed by atoms with Gasteiger partial charge in [0, 0.05) is 32.2 Å². The third-order valence-corrected chi connectivity index (χ3v) is 6.63. The number of carbonyl (C=O) groups is 1. The van der Waals surface area contributed by atoms with Gasteiger partial charge in [0.1, 0.15) is 11.6 Å². The van der Waals surface area contributed by atoms with Crippen LogP contribution in [0.1, 0.15) is 32.6 Å². The number of nitrogens with one attached hydrogen (secondary N) is 1. The Balaban J connectivity index is 1.27. The van der Waals surface area contributed by atoms with Crippen LogP contribution in [-0.2, 0) is 4.79 Å². The molecule has 1 aliphatic carbocycles. The molecule has 1 aliphatic heterocycles. The summed E-state index contributed by atoms with van der Waals surface area (Å²) in [6.45, 7) is 5.07. The van der Waals surface area contributed by atoms with Gasteiger partial charge in [-0.3, -0.25) is 9.69 Å². The molecular formula is C23H28FN7O. The molecule has 5 rings (SSSR count). The number of carbonyl (C=O) groups excluding carboxylic acids is 1. The highest BCUT2D eigenvalue weighted by Gasteiger charge is 2.28. The van der Waals surface area contributed by atoms with E-state index in [2.05, 4.69) is 25.3 Å². The summed E-state index contributed by atoms with van der Waals surface area (Å²) in [5.74, 6) is 0.949. The molecule has 0 spiro atoms. The third-order valence-electron chi connectivity index (χ3n) is 6.63. The number of hydrogen-bond donors (Lipinski definition) is 1. The molecule has 1 N–H and O–H groups in total. The predicted molar refractivity (Wildman–Crippen MR) is 120 cm³/mol. The van der Waals surface area contributed by atoms with Crippen molar-refractivity contribution in [3.05, 3.63) is 42.2 Å². The van der Waals surface area contributed by atoms with E-state index >= 15 is 0 Å². The summed E-state index contributed by atoms with van der Waals surface area (Å²) in [7, 11) is 0. The SMILES string of the molecule is CC(C(=O)NC1CCCC1)N1CCN(c2ccc3nnc(-c4ccccc4F)n3n2)CC1. The zero-order valence-electron chi connectivity index (χ0n) is 18.2. The summed E-state index contributed by atoms with van der Waals surface area (Å²) in [6, 6.07) is 10.5. The van der Waals surface area contributed by atoms with Crippen molar-refractivity contribution in [2.75, 3.05) is 31.1 Å². The van der Waals surface area contributed by atoms with Crippen molar-refractivity contribution in [3.8, 4) is 11.4 Å². The molecule has 8 nitrogen and oxygen atoms in total. The van der Waals surface area contributed by atoms with Crippen molar-refractivity contribution in [2.45, 2.75) is 44.7 Å². The van der Waals surface area contributed by atoms with Crippen LogP contribution in [0.25, 0.3) is 17.0 Å². The van der Waals surface area contributed by atoms with Crippen molar-refractivity contribution in [3.63, 3.8) is 0 Å². The monoisotopic (exact) mass is 437 g/mol. The first kappa shape index (κ1) is 20.8. The largest absolute Gasteiger partial charge is 0.353 e. The summed E-state index contributed by atoms with van der Waals surface area (Å²) in [4.78, 5) is 17.0. The highest BCUT2D eigenvalue weighted by molar-refractivity contribution is 5.81. The summed E-state index contributed by atoms with van der Waals surface area (Å²) in [6.07, 6.45) is 4.61. The minimum Gasteiger partial charge on any atom is -0.353 e. The molecule has 2 aliphatic rings. The van der Waals surface area contributed by atoms with Crippen LogP contribution < -0.4 is 10.2 Å². The van der Waals surface area contributed by atoms with Gasteiger partial charge in [0.05, 0.1) is 11.6 Å². The summed E-state index contributed by atoms with van der Waals surface area (Å²) in [5, 5.41) is 16.2. The number of halogens is 1. The van der Waals surface area contributed by atoms with Gasteiger partial charge in [-0.25, -0.2) is 4.39 Å². The highest BCUT2D eigenvalue weighted by atomic mass is 19.1. The van der Waals surface area contributed by atoms with Crippen molar-refractivity contribution in [1.29, 1.82) is 0 Å². The van der Waals surface area contributed by atoms with Gasteiger partial charge in [-0.1, -0.05) is 25.0 Å². The first-order valence-electron chi connectivity index (χ1n) is 11.4. The van der Waals surface area contributed by atoms with E-state index < -0.39 is 0 Å². The Labute approximate surface area is 186 Å². The molecule has 3 heterocycles. The Morgan fingerprint density at radius 1 is 1.06 bits per heavy atom. The van der Waals surface area contributed by atoms with E-state index in [4.69, 9.17) is 5.10 Å². The van der Waals surface area contributed by atoms with E-state index in [0.29, 0.717) is 23.1 Å². The van der Waals surface area contributed by atoms with Crippen molar-refractivity contribution >= 4 is 17.4 Å². The number of hydrogen-bond acceptors (Lipinski definition) is 6. The lowest BCUT2D eigenvalue weighted by Crippen LogP contribution is -2.55. The third kappa shape index (κ3) is 4.04. The Kier molecular flexibility index (Phi) is 5.73. The van der Waals surface area contributed by atoms with E-state index in [1.807, 2.05) is 19.1 Å². The molecule has 2 aromatic heterocycles. The molecule has 1 atom stereocenters. The Hall–Kier alpha value is -3.07. The van der Waals surface area contributed by atoms with E-state index in [9.17, 15) is 9.18 Å². The van der Waals surface area contributed by atoms with Crippen LogP contribution in [0.4, 0.5) is 10.2 Å². The topological polar surface area (TPSA) is 78.7 Å². The van der Waals surface area contributed by atoms with E-state index in [1.165, 1.54) is 18.9 Å². The van der Waals surface area contributed by atoms with E-state index in [1.54, 1.807) is 22.7 Å². The molecule has 2 fully saturated rings. The molecule has 0 bridgehead atoms. The van der Waals surface area contributed by atoms with Crippen molar-refractivity contribution in [1.82, 2.24) is 30.0 Å². The molecule has 168 valence electrons. The number of fused-ring (bicyclic) bond motifs is 1. The van der Waals surface area contributed by atoms with Crippen molar-refractivity contribution in [2.24, 2.45) is 0 Å². The van der Waals surface area contributed by atoms with Gasteiger partial charge >= 0.3 is 0 Å². The molecule has 1 saturated carbocycles. The number of aromatic nitrogens is 4. The lowest BCUT2D eigenvalue weighted by atomic mass is 10.2. The standard InChI is InChI=1S/C23H28FN7O/c1-16(23(32)25-17-6-2-3-7-17)29-12-14-30(15-13-29)21-11-10-20-26-27-22(31(20)28-21)18-8-4-5-9-19(18)24/h4-5,8-11,16-17H,2-3,6-7,12-15H2,1H3,(H,25,32). The minimum absolute atomic E-state index is 0.129. The smallest absolute Gasteiger partial charge is 0.237 e. The second-order valence-electron chi connectivity index (χ2n) is 8.65. The number of nitrogens with zero attached hydrogens (tertiary/aromatic N) is 6. The summed E-state index contributed by atoms with van der Waals surface area (Å²) in [5.41, 5.74) is 0.944. The zero-order valence-corrected chi connectivity index (χ0v) is 18.2. The zero-order chi connectivity index (χ0) is 22.1. The van der Waals surface area contributed by atoms with Gasteiger partial charge in [0.25, 0.3) is 0 Å².